The maximum absolute atomic E-state index is 12.7. The number of rotatable bonds is 4. The fourth-order valence-corrected chi connectivity index (χ4v) is 3.39. The molecule has 8 heteroatoms. The van der Waals surface area contributed by atoms with Crippen LogP contribution in [-0.4, -0.2) is 22.3 Å². The molecule has 3 rings (SSSR count). The molecule has 1 aromatic carbocycles. The molecule has 1 heterocycles. The van der Waals surface area contributed by atoms with Gasteiger partial charge in [-0.05, 0) is 50.1 Å². The monoisotopic (exact) mass is 424 g/mol. The van der Waals surface area contributed by atoms with Gasteiger partial charge in [-0.1, -0.05) is 18.9 Å². The number of halogens is 2. The first-order valence-corrected chi connectivity index (χ1v) is 8.87. The summed E-state index contributed by atoms with van der Waals surface area (Å²) in [6, 6.07) is 10.3. The standard InChI is InChI=1S/C20H24N4O2.2ClH/c1-20(21)10-3-2-7-17(20)19(26)24-16-6-4-5-14(13-16)18(25)23-15-8-11-22-12-9-15;;/h4-6,8-9,11-13,17H,2-3,7,10,21H2,1H3,(H,24,26)(H,22,23,25);2*1H. The summed E-state index contributed by atoms with van der Waals surface area (Å²) in [6.45, 7) is 1.94. The molecule has 1 aliphatic rings. The summed E-state index contributed by atoms with van der Waals surface area (Å²) >= 11 is 0. The van der Waals surface area contributed by atoms with Gasteiger partial charge in [0.1, 0.15) is 0 Å². The van der Waals surface area contributed by atoms with E-state index >= 15 is 0 Å². The third-order valence-electron chi connectivity index (χ3n) is 4.90. The van der Waals surface area contributed by atoms with Crippen molar-refractivity contribution in [2.45, 2.75) is 38.1 Å². The minimum Gasteiger partial charge on any atom is -0.326 e. The summed E-state index contributed by atoms with van der Waals surface area (Å²) in [6.07, 6.45) is 6.93. The smallest absolute Gasteiger partial charge is 0.255 e. The molecule has 0 spiro atoms. The molecule has 1 aliphatic carbocycles. The Kier molecular flexibility index (Phi) is 8.88. The first-order chi connectivity index (χ1) is 12.5. The lowest BCUT2D eigenvalue weighted by molar-refractivity contribution is -0.122. The zero-order chi connectivity index (χ0) is 18.6. The first-order valence-electron chi connectivity index (χ1n) is 8.87. The number of benzene rings is 1. The highest BCUT2D eigenvalue weighted by Gasteiger charge is 2.37. The molecular weight excluding hydrogens is 399 g/mol. The summed E-state index contributed by atoms with van der Waals surface area (Å²) in [5.41, 5.74) is 7.56. The molecule has 6 nitrogen and oxygen atoms in total. The highest BCUT2D eigenvalue weighted by molar-refractivity contribution is 6.05. The summed E-state index contributed by atoms with van der Waals surface area (Å²) in [7, 11) is 0. The first kappa shape index (κ1) is 23.9. The van der Waals surface area contributed by atoms with Crippen molar-refractivity contribution in [2.24, 2.45) is 11.7 Å². The third kappa shape index (κ3) is 5.92. The highest BCUT2D eigenvalue weighted by Crippen LogP contribution is 2.32. The summed E-state index contributed by atoms with van der Waals surface area (Å²) in [4.78, 5) is 29.0. The predicted molar refractivity (Wildman–Crippen MR) is 116 cm³/mol. The number of hydrogen-bond acceptors (Lipinski definition) is 4. The number of aromatic nitrogens is 1. The van der Waals surface area contributed by atoms with Crippen LogP contribution in [0.5, 0.6) is 0 Å². The summed E-state index contributed by atoms with van der Waals surface area (Å²) in [5.74, 6) is -0.541. The SMILES string of the molecule is CC1(N)CCCCC1C(=O)Nc1cccc(C(=O)Nc2ccncc2)c1.Cl.Cl. The van der Waals surface area contributed by atoms with Crippen molar-refractivity contribution < 1.29 is 9.59 Å². The van der Waals surface area contributed by atoms with Crippen molar-refractivity contribution in [3.05, 3.63) is 54.4 Å². The molecule has 0 aliphatic heterocycles. The van der Waals surface area contributed by atoms with Crippen LogP contribution in [0.1, 0.15) is 43.0 Å². The molecule has 0 saturated heterocycles. The Balaban J connectivity index is 0.00000196. The predicted octanol–water partition coefficient (Wildman–Crippen LogP) is 4.02. The van der Waals surface area contributed by atoms with Gasteiger partial charge >= 0.3 is 0 Å². The van der Waals surface area contributed by atoms with E-state index in [0.29, 0.717) is 16.9 Å². The molecule has 0 radical (unpaired) electrons. The Labute approximate surface area is 177 Å². The van der Waals surface area contributed by atoms with Gasteiger partial charge in [0.05, 0.1) is 5.92 Å². The minimum atomic E-state index is -0.487. The second kappa shape index (κ2) is 10.4. The van der Waals surface area contributed by atoms with Gasteiger partial charge in [-0.2, -0.15) is 0 Å². The lowest BCUT2D eigenvalue weighted by atomic mass is 9.74. The summed E-state index contributed by atoms with van der Waals surface area (Å²) in [5, 5.41) is 5.72. The van der Waals surface area contributed by atoms with Crippen LogP contribution < -0.4 is 16.4 Å². The van der Waals surface area contributed by atoms with Crippen molar-refractivity contribution in [1.82, 2.24) is 4.98 Å². The molecule has 1 saturated carbocycles. The quantitative estimate of drug-likeness (QED) is 0.689. The van der Waals surface area contributed by atoms with Crippen LogP contribution in [0, 0.1) is 5.92 Å². The van der Waals surface area contributed by atoms with Crippen molar-refractivity contribution in [3.8, 4) is 0 Å². The van der Waals surface area contributed by atoms with Crippen molar-refractivity contribution in [2.75, 3.05) is 10.6 Å². The zero-order valence-corrected chi connectivity index (χ0v) is 17.3. The van der Waals surface area contributed by atoms with Gasteiger partial charge < -0.3 is 16.4 Å². The molecule has 2 atom stereocenters. The Morgan fingerprint density at radius 1 is 1.07 bits per heavy atom. The molecular formula is C20H26Cl2N4O2. The number of nitrogens with two attached hydrogens (primary N) is 1. The van der Waals surface area contributed by atoms with Gasteiger partial charge in [0.2, 0.25) is 5.91 Å². The molecule has 152 valence electrons. The molecule has 2 amide bonds. The number of carbonyl (C=O) groups is 2. The number of carbonyl (C=O) groups excluding carboxylic acids is 2. The number of amides is 2. The minimum absolute atomic E-state index is 0. The second-order valence-electron chi connectivity index (χ2n) is 7.06. The van der Waals surface area contributed by atoms with Crippen molar-refractivity contribution in [1.29, 1.82) is 0 Å². The van der Waals surface area contributed by atoms with E-state index < -0.39 is 5.54 Å². The largest absolute Gasteiger partial charge is 0.326 e. The number of anilines is 2. The topological polar surface area (TPSA) is 97.1 Å². The van der Waals surface area contributed by atoms with Gasteiger partial charge in [-0.3, -0.25) is 14.6 Å². The van der Waals surface area contributed by atoms with Gasteiger partial charge in [0.15, 0.2) is 0 Å². The lowest BCUT2D eigenvalue weighted by Crippen LogP contribution is -2.51. The van der Waals surface area contributed by atoms with Crippen LogP contribution in [-0.2, 0) is 4.79 Å². The van der Waals surface area contributed by atoms with Crippen molar-refractivity contribution in [3.63, 3.8) is 0 Å². The van der Waals surface area contributed by atoms with Crippen LogP contribution in [0.15, 0.2) is 48.8 Å². The van der Waals surface area contributed by atoms with E-state index in [4.69, 9.17) is 5.73 Å². The van der Waals surface area contributed by atoms with Crippen molar-refractivity contribution >= 4 is 48.0 Å². The fraction of sp³-hybridized carbons (Fsp3) is 0.350. The van der Waals surface area contributed by atoms with Crippen LogP contribution >= 0.6 is 24.8 Å². The third-order valence-corrected chi connectivity index (χ3v) is 4.90. The van der Waals surface area contributed by atoms with Crippen LogP contribution in [0.4, 0.5) is 11.4 Å². The molecule has 1 aromatic heterocycles. The Hall–Kier alpha value is -2.15. The van der Waals surface area contributed by atoms with E-state index in [9.17, 15) is 9.59 Å². The number of nitrogens with one attached hydrogen (secondary N) is 2. The Morgan fingerprint density at radius 3 is 2.46 bits per heavy atom. The zero-order valence-electron chi connectivity index (χ0n) is 15.7. The van der Waals surface area contributed by atoms with E-state index in [0.717, 1.165) is 25.7 Å². The fourth-order valence-electron chi connectivity index (χ4n) is 3.39. The number of hydrogen-bond donors (Lipinski definition) is 3. The van der Waals surface area contributed by atoms with Gasteiger partial charge in [0.25, 0.3) is 5.91 Å². The van der Waals surface area contributed by atoms with E-state index in [1.165, 1.54) is 0 Å². The van der Waals surface area contributed by atoms with E-state index in [1.807, 2.05) is 6.92 Å². The van der Waals surface area contributed by atoms with E-state index in [1.54, 1.807) is 48.8 Å². The molecule has 2 unspecified atom stereocenters. The molecule has 1 fully saturated rings. The average Bonchev–Trinajstić information content (AvgIpc) is 2.62. The van der Waals surface area contributed by atoms with E-state index in [2.05, 4.69) is 15.6 Å². The summed E-state index contributed by atoms with van der Waals surface area (Å²) < 4.78 is 0. The average molecular weight is 425 g/mol. The van der Waals surface area contributed by atoms with Crippen LogP contribution in [0.3, 0.4) is 0 Å². The second-order valence-corrected chi connectivity index (χ2v) is 7.06. The normalized spacial score (nSPS) is 20.9. The Morgan fingerprint density at radius 2 is 1.79 bits per heavy atom. The van der Waals surface area contributed by atoms with Gasteiger partial charge in [-0.25, -0.2) is 0 Å². The van der Waals surface area contributed by atoms with E-state index in [-0.39, 0.29) is 42.5 Å². The lowest BCUT2D eigenvalue weighted by Gasteiger charge is -2.37. The molecule has 4 N–H and O–H groups in total. The van der Waals surface area contributed by atoms with Crippen LogP contribution in [0.25, 0.3) is 0 Å². The maximum atomic E-state index is 12.7. The Bertz CT molecular complexity index is 800. The van der Waals surface area contributed by atoms with Crippen LogP contribution in [0.2, 0.25) is 0 Å². The number of pyridine rings is 1. The van der Waals surface area contributed by atoms with Gasteiger partial charge in [0, 0.05) is 34.9 Å². The van der Waals surface area contributed by atoms with Gasteiger partial charge in [-0.15, -0.1) is 24.8 Å². The highest BCUT2D eigenvalue weighted by atomic mass is 35.5. The number of nitrogens with zero attached hydrogens (tertiary/aromatic N) is 1. The molecule has 2 aromatic rings. The molecule has 28 heavy (non-hydrogen) atoms. The maximum Gasteiger partial charge on any atom is 0.255 e. The molecule has 0 bridgehead atoms.